The Balaban J connectivity index is 2.30. The number of benzene rings is 1. The Bertz CT molecular complexity index is 574. The molecule has 21 heavy (non-hydrogen) atoms. The first-order valence-corrected chi connectivity index (χ1v) is 7.14. The van der Waals surface area contributed by atoms with E-state index in [1.165, 1.54) is 23.1 Å². The summed E-state index contributed by atoms with van der Waals surface area (Å²) in [4.78, 5) is 24.6. The van der Waals surface area contributed by atoms with Crippen LogP contribution >= 0.6 is 11.6 Å². The van der Waals surface area contributed by atoms with Crippen LogP contribution in [0.25, 0.3) is 0 Å². The van der Waals surface area contributed by atoms with E-state index in [9.17, 15) is 20.0 Å². The second-order valence-corrected chi connectivity index (χ2v) is 5.94. The molecule has 1 aliphatic rings. The van der Waals surface area contributed by atoms with Crippen LogP contribution in [-0.4, -0.2) is 39.5 Å². The van der Waals surface area contributed by atoms with E-state index in [-0.39, 0.29) is 16.3 Å². The molecule has 1 amide bonds. The van der Waals surface area contributed by atoms with Crippen molar-refractivity contribution in [3.63, 3.8) is 0 Å². The Hall–Kier alpha value is -1.66. The van der Waals surface area contributed by atoms with Crippen LogP contribution in [-0.2, 0) is 0 Å². The van der Waals surface area contributed by atoms with E-state index >= 15 is 0 Å². The van der Waals surface area contributed by atoms with Crippen LogP contribution < -0.4 is 0 Å². The van der Waals surface area contributed by atoms with E-state index < -0.39 is 16.4 Å². The van der Waals surface area contributed by atoms with Gasteiger partial charge in [-0.3, -0.25) is 14.9 Å². The molecule has 0 saturated carbocycles. The number of carbonyl (C=O) groups excluding carboxylic acids is 1. The molecule has 0 radical (unpaired) electrons. The van der Waals surface area contributed by atoms with Gasteiger partial charge in [-0.1, -0.05) is 17.7 Å². The lowest BCUT2D eigenvalue weighted by atomic mass is 9.98. The van der Waals surface area contributed by atoms with Crippen molar-refractivity contribution < 1.29 is 14.8 Å². The number of hydrogen-bond acceptors (Lipinski definition) is 4. The maximum absolute atomic E-state index is 12.6. The molecule has 1 atom stereocenters. The zero-order valence-corrected chi connectivity index (χ0v) is 12.5. The topological polar surface area (TPSA) is 83.7 Å². The van der Waals surface area contributed by atoms with Gasteiger partial charge in [0.1, 0.15) is 5.56 Å². The van der Waals surface area contributed by atoms with Crippen molar-refractivity contribution in [1.29, 1.82) is 0 Å². The van der Waals surface area contributed by atoms with Crippen LogP contribution in [0.1, 0.15) is 36.5 Å². The Kier molecular flexibility index (Phi) is 4.49. The molecule has 1 saturated heterocycles. The number of halogens is 1. The molecule has 0 aliphatic carbocycles. The average molecular weight is 313 g/mol. The van der Waals surface area contributed by atoms with Gasteiger partial charge in [0, 0.05) is 19.2 Å². The number of amides is 1. The second-order valence-electron chi connectivity index (χ2n) is 5.53. The van der Waals surface area contributed by atoms with E-state index in [4.69, 9.17) is 11.6 Å². The van der Waals surface area contributed by atoms with Crippen molar-refractivity contribution in [3.8, 4) is 0 Å². The van der Waals surface area contributed by atoms with Gasteiger partial charge in [-0.2, -0.15) is 0 Å². The lowest BCUT2D eigenvalue weighted by Gasteiger charge is -2.22. The summed E-state index contributed by atoms with van der Waals surface area (Å²) >= 11 is 5.98. The Morgan fingerprint density at radius 2 is 2.14 bits per heavy atom. The summed E-state index contributed by atoms with van der Waals surface area (Å²) in [6.45, 7) is 2.55. The predicted octanol–water partition coefficient (Wildman–Crippen LogP) is 2.63. The van der Waals surface area contributed by atoms with E-state index in [2.05, 4.69) is 0 Å². The van der Waals surface area contributed by atoms with Crippen LogP contribution in [0.3, 0.4) is 0 Å². The number of likely N-dealkylation sites (tertiary alicyclic amines) is 1. The highest BCUT2D eigenvalue weighted by Crippen LogP contribution is 2.29. The van der Waals surface area contributed by atoms with Crippen molar-refractivity contribution in [2.75, 3.05) is 13.1 Å². The first-order chi connectivity index (χ1) is 9.82. The van der Waals surface area contributed by atoms with Gasteiger partial charge in [-0.15, -0.1) is 0 Å². The maximum Gasteiger partial charge on any atom is 0.283 e. The third-order valence-corrected chi connectivity index (χ3v) is 4.07. The smallest absolute Gasteiger partial charge is 0.283 e. The van der Waals surface area contributed by atoms with Gasteiger partial charge in [0.15, 0.2) is 0 Å². The SMILES string of the molecule is CC1(O)CCCN(C(=O)c2c(Cl)cccc2[N+](=O)[O-])CC1. The van der Waals surface area contributed by atoms with Crippen LogP contribution in [0.5, 0.6) is 0 Å². The van der Waals surface area contributed by atoms with Crippen LogP contribution in [0.2, 0.25) is 5.02 Å². The highest BCUT2D eigenvalue weighted by Gasteiger charge is 2.31. The minimum absolute atomic E-state index is 0.0743. The minimum Gasteiger partial charge on any atom is -0.390 e. The summed E-state index contributed by atoms with van der Waals surface area (Å²) in [5.41, 5.74) is -1.17. The monoisotopic (exact) mass is 312 g/mol. The lowest BCUT2D eigenvalue weighted by Crippen LogP contribution is -2.34. The van der Waals surface area contributed by atoms with Crippen molar-refractivity contribution in [1.82, 2.24) is 4.90 Å². The Morgan fingerprint density at radius 1 is 1.43 bits per heavy atom. The molecule has 1 fully saturated rings. The van der Waals surface area contributed by atoms with Gasteiger partial charge in [0.25, 0.3) is 11.6 Å². The van der Waals surface area contributed by atoms with Gasteiger partial charge < -0.3 is 10.0 Å². The fraction of sp³-hybridized carbons (Fsp3) is 0.500. The minimum atomic E-state index is -0.804. The molecule has 114 valence electrons. The molecule has 0 bridgehead atoms. The number of carbonyl (C=O) groups is 1. The largest absolute Gasteiger partial charge is 0.390 e. The number of nitrogens with zero attached hydrogens (tertiary/aromatic N) is 2. The first kappa shape index (κ1) is 15.7. The molecule has 1 N–H and O–H groups in total. The third-order valence-electron chi connectivity index (χ3n) is 3.75. The number of rotatable bonds is 2. The summed E-state index contributed by atoms with van der Waals surface area (Å²) in [5, 5.41) is 21.2. The summed E-state index contributed by atoms with van der Waals surface area (Å²) in [6, 6.07) is 4.19. The van der Waals surface area contributed by atoms with Crippen LogP contribution in [0, 0.1) is 10.1 Å². The molecular weight excluding hydrogens is 296 g/mol. The van der Waals surface area contributed by atoms with Crippen LogP contribution in [0.15, 0.2) is 18.2 Å². The summed E-state index contributed by atoms with van der Waals surface area (Å²) in [6.07, 6.45) is 1.69. The molecule has 6 nitrogen and oxygen atoms in total. The van der Waals surface area contributed by atoms with E-state index in [0.717, 1.165) is 0 Å². The van der Waals surface area contributed by atoms with Gasteiger partial charge in [-0.25, -0.2) is 0 Å². The molecule has 1 unspecified atom stereocenters. The molecule has 2 rings (SSSR count). The zero-order valence-electron chi connectivity index (χ0n) is 11.7. The van der Waals surface area contributed by atoms with E-state index in [1.54, 1.807) is 6.92 Å². The summed E-state index contributed by atoms with van der Waals surface area (Å²) in [7, 11) is 0. The number of hydrogen-bond donors (Lipinski definition) is 1. The zero-order chi connectivity index (χ0) is 15.6. The predicted molar refractivity (Wildman–Crippen MR) is 78.5 cm³/mol. The summed E-state index contributed by atoms with van der Waals surface area (Å²) < 4.78 is 0. The van der Waals surface area contributed by atoms with Crippen molar-refractivity contribution >= 4 is 23.2 Å². The highest BCUT2D eigenvalue weighted by atomic mass is 35.5. The Labute approximate surface area is 127 Å². The fourth-order valence-corrected chi connectivity index (χ4v) is 2.75. The van der Waals surface area contributed by atoms with Gasteiger partial charge in [0.05, 0.1) is 15.5 Å². The fourth-order valence-electron chi connectivity index (χ4n) is 2.50. The third kappa shape index (κ3) is 3.51. The Morgan fingerprint density at radius 3 is 2.81 bits per heavy atom. The van der Waals surface area contributed by atoms with Gasteiger partial charge in [0.2, 0.25) is 0 Å². The first-order valence-electron chi connectivity index (χ1n) is 6.76. The number of nitro groups is 1. The molecule has 7 heteroatoms. The van der Waals surface area contributed by atoms with Gasteiger partial charge in [-0.05, 0) is 32.3 Å². The molecular formula is C14H17ClN2O4. The van der Waals surface area contributed by atoms with Crippen molar-refractivity contribution in [2.24, 2.45) is 0 Å². The second kappa shape index (κ2) is 5.99. The molecule has 1 aromatic rings. The molecule has 1 aromatic carbocycles. The van der Waals surface area contributed by atoms with Gasteiger partial charge >= 0.3 is 0 Å². The molecule has 1 aliphatic heterocycles. The summed E-state index contributed by atoms with van der Waals surface area (Å²) in [5.74, 6) is -0.454. The normalized spacial score (nSPS) is 22.7. The highest BCUT2D eigenvalue weighted by molar-refractivity contribution is 6.34. The molecule has 1 heterocycles. The number of nitro benzene ring substituents is 1. The maximum atomic E-state index is 12.6. The van der Waals surface area contributed by atoms with Crippen molar-refractivity contribution in [2.45, 2.75) is 31.8 Å². The standard InChI is InChI=1S/C14H17ClN2O4/c1-14(19)6-3-8-16(9-7-14)13(18)12-10(15)4-2-5-11(12)17(20)21/h2,4-5,19H,3,6-9H2,1H3. The lowest BCUT2D eigenvalue weighted by molar-refractivity contribution is -0.385. The van der Waals surface area contributed by atoms with Crippen LogP contribution in [0.4, 0.5) is 5.69 Å². The van der Waals surface area contributed by atoms with E-state index in [1.807, 2.05) is 0 Å². The van der Waals surface area contributed by atoms with E-state index in [0.29, 0.717) is 32.4 Å². The quantitative estimate of drug-likeness (QED) is 0.672. The molecule has 0 aromatic heterocycles. The van der Waals surface area contributed by atoms with Crippen molar-refractivity contribution in [3.05, 3.63) is 38.9 Å². The average Bonchev–Trinajstić information content (AvgIpc) is 2.58. The number of aliphatic hydroxyl groups is 1. The molecule has 0 spiro atoms.